The SMILES string of the molecule is O=C(CSc1ccc(Cl)c(Cl)c1)c1ccc(O)cc1. The predicted octanol–water partition coefficient (Wildman–Crippen LogP) is 4.67. The highest BCUT2D eigenvalue weighted by Gasteiger charge is 2.07. The quantitative estimate of drug-likeness (QED) is 0.658. The molecular formula is C14H10Cl2O2S. The van der Waals surface area contributed by atoms with Crippen LogP contribution in [0.15, 0.2) is 47.4 Å². The first-order valence-corrected chi connectivity index (χ1v) is 7.20. The Morgan fingerprint density at radius 2 is 1.74 bits per heavy atom. The average molecular weight is 313 g/mol. The van der Waals surface area contributed by atoms with E-state index in [2.05, 4.69) is 0 Å². The lowest BCUT2D eigenvalue weighted by atomic mass is 10.1. The number of halogens is 2. The number of ketones is 1. The van der Waals surface area contributed by atoms with Gasteiger partial charge in [-0.25, -0.2) is 0 Å². The monoisotopic (exact) mass is 312 g/mol. The standard InChI is InChI=1S/C14H10Cl2O2S/c15-12-6-5-11(7-13(12)16)19-8-14(18)9-1-3-10(17)4-2-9/h1-7,17H,8H2. The Balaban J connectivity index is 2.00. The number of benzene rings is 2. The Labute approximate surface area is 125 Å². The first kappa shape index (κ1) is 14.3. The third-order valence-electron chi connectivity index (χ3n) is 2.45. The van der Waals surface area contributed by atoms with Crippen LogP contribution < -0.4 is 0 Å². The molecule has 0 spiro atoms. The molecule has 0 unspecified atom stereocenters. The Morgan fingerprint density at radius 3 is 2.37 bits per heavy atom. The van der Waals surface area contributed by atoms with E-state index in [0.717, 1.165) is 4.90 Å². The Kier molecular flexibility index (Phi) is 4.75. The smallest absolute Gasteiger partial charge is 0.173 e. The molecule has 0 aliphatic heterocycles. The van der Waals surface area contributed by atoms with E-state index in [-0.39, 0.29) is 11.5 Å². The molecule has 0 bridgehead atoms. The summed E-state index contributed by atoms with van der Waals surface area (Å²) in [6.07, 6.45) is 0. The molecule has 98 valence electrons. The summed E-state index contributed by atoms with van der Waals surface area (Å²) >= 11 is 13.1. The Hall–Kier alpha value is -1.16. The summed E-state index contributed by atoms with van der Waals surface area (Å²) in [6, 6.07) is 11.5. The highest BCUT2D eigenvalue weighted by atomic mass is 35.5. The van der Waals surface area contributed by atoms with Crippen molar-refractivity contribution in [2.24, 2.45) is 0 Å². The molecule has 2 aromatic carbocycles. The fourth-order valence-corrected chi connectivity index (χ4v) is 2.64. The van der Waals surface area contributed by atoms with Crippen LogP contribution in [0.25, 0.3) is 0 Å². The van der Waals surface area contributed by atoms with Crippen LogP contribution in [0.1, 0.15) is 10.4 Å². The molecule has 5 heteroatoms. The van der Waals surface area contributed by atoms with Gasteiger partial charge in [-0.2, -0.15) is 0 Å². The molecule has 19 heavy (non-hydrogen) atoms. The van der Waals surface area contributed by atoms with Crippen molar-refractivity contribution in [3.63, 3.8) is 0 Å². The van der Waals surface area contributed by atoms with Crippen LogP contribution in [-0.2, 0) is 0 Å². The van der Waals surface area contributed by atoms with Crippen molar-refractivity contribution >= 4 is 40.7 Å². The molecule has 0 fully saturated rings. The van der Waals surface area contributed by atoms with E-state index < -0.39 is 0 Å². The van der Waals surface area contributed by atoms with E-state index in [9.17, 15) is 4.79 Å². The van der Waals surface area contributed by atoms with E-state index in [0.29, 0.717) is 21.4 Å². The normalized spacial score (nSPS) is 10.4. The molecule has 0 aliphatic carbocycles. The number of thioether (sulfide) groups is 1. The maximum absolute atomic E-state index is 11.9. The van der Waals surface area contributed by atoms with Gasteiger partial charge >= 0.3 is 0 Å². The van der Waals surface area contributed by atoms with Crippen molar-refractivity contribution < 1.29 is 9.90 Å². The molecule has 0 atom stereocenters. The summed E-state index contributed by atoms with van der Waals surface area (Å²) in [4.78, 5) is 12.8. The second-order valence-electron chi connectivity index (χ2n) is 3.83. The zero-order valence-electron chi connectivity index (χ0n) is 9.77. The molecule has 2 rings (SSSR count). The average Bonchev–Trinajstić information content (AvgIpc) is 2.40. The fourth-order valence-electron chi connectivity index (χ4n) is 1.45. The van der Waals surface area contributed by atoms with Gasteiger partial charge in [-0.3, -0.25) is 4.79 Å². The number of phenolic OH excluding ortho intramolecular Hbond substituents is 1. The molecule has 0 amide bonds. The molecule has 0 aliphatic rings. The highest BCUT2D eigenvalue weighted by molar-refractivity contribution is 8.00. The number of carbonyl (C=O) groups excluding carboxylic acids is 1. The summed E-state index contributed by atoms with van der Waals surface area (Å²) in [5.74, 6) is 0.452. The van der Waals surface area contributed by atoms with E-state index in [1.165, 1.54) is 23.9 Å². The third-order valence-corrected chi connectivity index (χ3v) is 4.18. The van der Waals surface area contributed by atoms with Gasteiger partial charge in [-0.1, -0.05) is 23.2 Å². The van der Waals surface area contributed by atoms with Crippen molar-refractivity contribution in [3.8, 4) is 5.75 Å². The Morgan fingerprint density at radius 1 is 1.05 bits per heavy atom. The second kappa shape index (κ2) is 6.33. The molecule has 0 heterocycles. The van der Waals surface area contributed by atoms with Crippen molar-refractivity contribution in [3.05, 3.63) is 58.1 Å². The maximum Gasteiger partial charge on any atom is 0.173 e. The number of carbonyl (C=O) groups is 1. The predicted molar refractivity (Wildman–Crippen MR) is 79.6 cm³/mol. The molecule has 2 nitrogen and oxygen atoms in total. The summed E-state index contributed by atoms with van der Waals surface area (Å²) in [5, 5.41) is 10.1. The van der Waals surface area contributed by atoms with Gasteiger partial charge in [0.15, 0.2) is 5.78 Å². The van der Waals surface area contributed by atoms with Crippen molar-refractivity contribution in [2.45, 2.75) is 4.90 Å². The molecule has 0 saturated carbocycles. The highest BCUT2D eigenvalue weighted by Crippen LogP contribution is 2.28. The van der Waals surface area contributed by atoms with E-state index >= 15 is 0 Å². The fraction of sp³-hybridized carbons (Fsp3) is 0.0714. The van der Waals surface area contributed by atoms with Gasteiger partial charge < -0.3 is 5.11 Å². The van der Waals surface area contributed by atoms with Gasteiger partial charge in [-0.15, -0.1) is 11.8 Å². The number of rotatable bonds is 4. The molecule has 2 aromatic rings. The topological polar surface area (TPSA) is 37.3 Å². The van der Waals surface area contributed by atoms with Crippen LogP contribution in [-0.4, -0.2) is 16.6 Å². The van der Waals surface area contributed by atoms with Crippen molar-refractivity contribution in [1.82, 2.24) is 0 Å². The van der Waals surface area contributed by atoms with Crippen LogP contribution in [0.3, 0.4) is 0 Å². The van der Waals surface area contributed by atoms with E-state index in [1.54, 1.807) is 24.3 Å². The minimum Gasteiger partial charge on any atom is -0.508 e. The number of Topliss-reactive ketones (excluding diaryl/α,β-unsaturated/α-hetero) is 1. The first-order valence-electron chi connectivity index (χ1n) is 5.46. The minimum atomic E-state index is -0.00364. The van der Waals surface area contributed by atoms with E-state index in [4.69, 9.17) is 28.3 Å². The number of hydrogen-bond donors (Lipinski definition) is 1. The zero-order valence-corrected chi connectivity index (χ0v) is 12.1. The summed E-state index contributed by atoms with van der Waals surface area (Å²) in [7, 11) is 0. The lowest BCUT2D eigenvalue weighted by Crippen LogP contribution is -2.01. The zero-order chi connectivity index (χ0) is 13.8. The van der Waals surface area contributed by atoms with Gasteiger partial charge in [0.25, 0.3) is 0 Å². The molecule has 1 N–H and O–H groups in total. The lowest BCUT2D eigenvalue weighted by Gasteiger charge is -2.03. The first-order chi connectivity index (χ1) is 9.06. The molecule has 0 saturated heterocycles. The van der Waals surface area contributed by atoms with Crippen LogP contribution in [0.4, 0.5) is 0 Å². The van der Waals surface area contributed by atoms with Crippen LogP contribution in [0.5, 0.6) is 5.75 Å². The summed E-state index contributed by atoms with van der Waals surface area (Å²) in [6.45, 7) is 0. The third kappa shape index (κ3) is 3.90. The van der Waals surface area contributed by atoms with Gasteiger partial charge in [0.1, 0.15) is 5.75 Å². The van der Waals surface area contributed by atoms with Crippen molar-refractivity contribution in [1.29, 1.82) is 0 Å². The largest absolute Gasteiger partial charge is 0.508 e. The summed E-state index contributed by atoms with van der Waals surface area (Å²) in [5.41, 5.74) is 0.574. The van der Waals surface area contributed by atoms with Crippen molar-refractivity contribution in [2.75, 3.05) is 5.75 Å². The van der Waals surface area contributed by atoms with E-state index in [1.807, 2.05) is 6.07 Å². The number of aromatic hydroxyl groups is 1. The Bertz CT molecular complexity index is 597. The minimum absolute atomic E-state index is 0.00364. The van der Waals surface area contributed by atoms with Gasteiger partial charge in [0.05, 0.1) is 15.8 Å². The van der Waals surface area contributed by atoms with Crippen LogP contribution >= 0.6 is 35.0 Å². The maximum atomic E-state index is 11.9. The van der Waals surface area contributed by atoms with Gasteiger partial charge in [0.2, 0.25) is 0 Å². The number of phenols is 1. The van der Waals surface area contributed by atoms with Crippen LogP contribution in [0, 0.1) is 0 Å². The summed E-state index contributed by atoms with van der Waals surface area (Å²) < 4.78 is 0. The molecule has 0 aromatic heterocycles. The van der Waals surface area contributed by atoms with Gasteiger partial charge in [0, 0.05) is 10.5 Å². The second-order valence-corrected chi connectivity index (χ2v) is 5.70. The van der Waals surface area contributed by atoms with Gasteiger partial charge in [-0.05, 0) is 42.5 Å². The van der Waals surface area contributed by atoms with Crippen LogP contribution in [0.2, 0.25) is 10.0 Å². The molecule has 0 radical (unpaired) electrons. The molecular weight excluding hydrogens is 303 g/mol. The number of hydrogen-bond acceptors (Lipinski definition) is 3. The lowest BCUT2D eigenvalue weighted by molar-refractivity contribution is 0.102.